The molecule has 1 amide bonds. The van der Waals surface area contributed by atoms with E-state index in [0.29, 0.717) is 36.9 Å². The van der Waals surface area contributed by atoms with Crippen molar-refractivity contribution in [1.29, 1.82) is 0 Å². The van der Waals surface area contributed by atoms with Gasteiger partial charge in [-0.3, -0.25) is 4.79 Å². The number of halogens is 4. The molecular formula is C26H27Cl4N5O. The summed E-state index contributed by atoms with van der Waals surface area (Å²) in [7, 11) is 0. The predicted molar refractivity (Wildman–Crippen MR) is 152 cm³/mol. The van der Waals surface area contributed by atoms with Crippen molar-refractivity contribution in [3.63, 3.8) is 0 Å². The molecule has 0 saturated carbocycles. The standard InChI is InChI=1S/C26H24ClN5O.3ClH/c1-18-11-21(13-25(27)30-18)26(33)32-10-9-31(16-23-14-28-17-29-23)24-8-7-20(12-22(24)15-32)19-5-3-2-4-6-19;;;/h2-8,11-14,17H,9-10,15-16H2,1H3,(H,28,29);3*1H. The number of nitrogens with one attached hydrogen (secondary N) is 1. The molecule has 6 nitrogen and oxygen atoms in total. The van der Waals surface area contributed by atoms with Crippen molar-refractivity contribution >= 4 is 60.4 Å². The molecule has 0 fully saturated rings. The number of pyridine rings is 1. The topological polar surface area (TPSA) is 65.1 Å². The molecule has 0 aliphatic carbocycles. The van der Waals surface area contributed by atoms with Crippen LogP contribution in [0.3, 0.4) is 0 Å². The van der Waals surface area contributed by atoms with Crippen LogP contribution < -0.4 is 4.90 Å². The van der Waals surface area contributed by atoms with E-state index in [1.165, 1.54) is 0 Å². The number of carbonyl (C=O) groups excluding carboxylic acids is 1. The predicted octanol–water partition coefficient (Wildman–Crippen LogP) is 6.36. The molecule has 1 N–H and O–H groups in total. The van der Waals surface area contributed by atoms with Crippen molar-refractivity contribution in [3.8, 4) is 11.1 Å². The van der Waals surface area contributed by atoms with E-state index >= 15 is 0 Å². The van der Waals surface area contributed by atoms with E-state index in [2.05, 4.69) is 50.2 Å². The maximum atomic E-state index is 13.5. The van der Waals surface area contributed by atoms with Crippen LogP contribution in [0.15, 0.2) is 73.2 Å². The third-order valence-electron chi connectivity index (χ3n) is 5.90. The van der Waals surface area contributed by atoms with Crippen LogP contribution in [-0.4, -0.2) is 38.8 Å². The zero-order valence-electron chi connectivity index (χ0n) is 19.6. The molecule has 0 saturated heterocycles. The minimum absolute atomic E-state index is 0. The van der Waals surface area contributed by atoms with Crippen molar-refractivity contribution in [2.75, 3.05) is 18.0 Å². The minimum Gasteiger partial charge on any atom is -0.364 e. The first-order chi connectivity index (χ1) is 16.1. The Hall–Kier alpha value is -2.77. The molecule has 1 aliphatic rings. The summed E-state index contributed by atoms with van der Waals surface area (Å²) >= 11 is 6.14. The Bertz CT molecular complexity index is 1260. The molecule has 0 atom stereocenters. The first-order valence-corrected chi connectivity index (χ1v) is 11.3. The number of fused-ring (bicyclic) bond motifs is 1. The Morgan fingerprint density at radius 1 is 1.00 bits per heavy atom. The van der Waals surface area contributed by atoms with E-state index in [-0.39, 0.29) is 43.1 Å². The highest BCUT2D eigenvalue weighted by Gasteiger charge is 2.25. The normalized spacial score (nSPS) is 12.4. The van der Waals surface area contributed by atoms with Gasteiger partial charge >= 0.3 is 0 Å². The monoisotopic (exact) mass is 565 g/mol. The third kappa shape index (κ3) is 6.51. The molecule has 3 heterocycles. The molecule has 190 valence electrons. The summed E-state index contributed by atoms with van der Waals surface area (Å²) in [6.45, 7) is 4.37. The lowest BCUT2D eigenvalue weighted by Crippen LogP contribution is -2.35. The molecule has 10 heteroatoms. The minimum atomic E-state index is -0.0399. The fraction of sp³-hybridized carbons (Fsp3) is 0.192. The number of imidazole rings is 1. The largest absolute Gasteiger partial charge is 0.364 e. The maximum Gasteiger partial charge on any atom is 0.254 e. The Kier molecular flexibility index (Phi) is 10.6. The molecule has 36 heavy (non-hydrogen) atoms. The van der Waals surface area contributed by atoms with Crippen molar-refractivity contribution < 1.29 is 4.79 Å². The average Bonchev–Trinajstić information content (AvgIpc) is 3.26. The third-order valence-corrected chi connectivity index (χ3v) is 6.09. The Morgan fingerprint density at radius 3 is 2.47 bits per heavy atom. The lowest BCUT2D eigenvalue weighted by atomic mass is 10.0. The summed E-state index contributed by atoms with van der Waals surface area (Å²) in [5.74, 6) is -0.0399. The van der Waals surface area contributed by atoms with Gasteiger partial charge in [-0.1, -0.05) is 48.0 Å². The number of anilines is 1. The second-order valence-electron chi connectivity index (χ2n) is 8.25. The van der Waals surface area contributed by atoms with E-state index in [9.17, 15) is 4.79 Å². The van der Waals surface area contributed by atoms with E-state index in [4.69, 9.17) is 11.6 Å². The quantitative estimate of drug-likeness (QED) is 0.292. The summed E-state index contributed by atoms with van der Waals surface area (Å²) in [6, 6.07) is 20.2. The van der Waals surface area contributed by atoms with Gasteiger partial charge in [0.15, 0.2) is 0 Å². The van der Waals surface area contributed by atoms with Crippen molar-refractivity contribution in [2.24, 2.45) is 0 Å². The van der Waals surface area contributed by atoms with Crippen LogP contribution in [0.25, 0.3) is 11.1 Å². The maximum absolute atomic E-state index is 13.5. The number of H-pyrrole nitrogens is 1. The number of nitrogens with zero attached hydrogens (tertiary/aromatic N) is 4. The molecule has 0 radical (unpaired) electrons. The summed E-state index contributed by atoms with van der Waals surface area (Å²) in [6.07, 6.45) is 3.53. The van der Waals surface area contributed by atoms with Gasteiger partial charge in [-0.25, -0.2) is 9.97 Å². The number of benzene rings is 2. The highest BCUT2D eigenvalue weighted by Crippen LogP contribution is 2.32. The van der Waals surface area contributed by atoms with Crippen LogP contribution in [-0.2, 0) is 13.1 Å². The highest BCUT2D eigenvalue weighted by molar-refractivity contribution is 6.29. The fourth-order valence-corrected chi connectivity index (χ4v) is 4.58. The zero-order valence-corrected chi connectivity index (χ0v) is 22.8. The van der Waals surface area contributed by atoms with Crippen LogP contribution in [0.5, 0.6) is 0 Å². The van der Waals surface area contributed by atoms with Crippen molar-refractivity contribution in [1.82, 2.24) is 19.9 Å². The van der Waals surface area contributed by atoms with Crippen LogP contribution in [0.2, 0.25) is 5.15 Å². The van der Waals surface area contributed by atoms with Gasteiger partial charge in [0.05, 0.1) is 18.6 Å². The second-order valence-corrected chi connectivity index (χ2v) is 8.64. The first kappa shape index (κ1) is 29.5. The number of amides is 1. The SMILES string of the molecule is Cc1cc(C(=O)N2CCN(Cc3cnc[nH]3)c3ccc(-c4ccccc4)cc3C2)cc(Cl)n1.Cl.Cl.Cl. The second kappa shape index (κ2) is 13.0. The first-order valence-electron chi connectivity index (χ1n) is 10.9. The molecule has 0 bridgehead atoms. The Morgan fingerprint density at radius 2 is 1.78 bits per heavy atom. The molecule has 4 aromatic rings. The van der Waals surface area contributed by atoms with Gasteiger partial charge < -0.3 is 14.8 Å². The van der Waals surface area contributed by atoms with Gasteiger partial charge in [0, 0.05) is 42.8 Å². The van der Waals surface area contributed by atoms with Gasteiger partial charge in [-0.15, -0.1) is 37.2 Å². The van der Waals surface area contributed by atoms with E-state index in [1.54, 1.807) is 18.5 Å². The Balaban J connectivity index is 0.00000152. The van der Waals surface area contributed by atoms with Crippen LogP contribution in [0.4, 0.5) is 5.69 Å². The number of carbonyl (C=O) groups is 1. The van der Waals surface area contributed by atoms with Gasteiger partial charge in [0.2, 0.25) is 0 Å². The van der Waals surface area contributed by atoms with Crippen molar-refractivity contribution in [2.45, 2.75) is 20.0 Å². The van der Waals surface area contributed by atoms with Crippen LogP contribution in [0.1, 0.15) is 27.3 Å². The number of rotatable bonds is 4. The lowest BCUT2D eigenvalue weighted by Gasteiger charge is -2.24. The number of hydrogen-bond donors (Lipinski definition) is 1. The number of aryl methyl sites for hydroxylation is 1. The molecule has 2 aromatic heterocycles. The summed E-state index contributed by atoms with van der Waals surface area (Å²) in [5.41, 5.74) is 6.85. The molecule has 0 spiro atoms. The van der Waals surface area contributed by atoms with E-state index < -0.39 is 0 Å². The lowest BCUT2D eigenvalue weighted by molar-refractivity contribution is 0.0751. The zero-order chi connectivity index (χ0) is 22.8. The summed E-state index contributed by atoms with van der Waals surface area (Å²) in [4.78, 5) is 29.2. The molecule has 0 unspecified atom stereocenters. The van der Waals surface area contributed by atoms with Crippen molar-refractivity contribution in [3.05, 3.63) is 101 Å². The van der Waals surface area contributed by atoms with Gasteiger partial charge in [0.25, 0.3) is 5.91 Å². The molecule has 2 aromatic carbocycles. The molecule has 1 aliphatic heterocycles. The van der Waals surface area contributed by atoms with Crippen LogP contribution >= 0.6 is 48.8 Å². The Labute approximate surface area is 234 Å². The number of aromatic amines is 1. The van der Waals surface area contributed by atoms with E-state index in [0.717, 1.165) is 33.8 Å². The molecule has 5 rings (SSSR count). The fourth-order valence-electron chi connectivity index (χ4n) is 4.33. The van der Waals surface area contributed by atoms with E-state index in [1.807, 2.05) is 36.2 Å². The number of hydrogen-bond acceptors (Lipinski definition) is 4. The van der Waals surface area contributed by atoms with Gasteiger partial charge in [-0.05, 0) is 47.9 Å². The molecular weight excluding hydrogens is 540 g/mol. The number of aromatic nitrogens is 3. The highest BCUT2D eigenvalue weighted by atomic mass is 35.5. The average molecular weight is 567 g/mol. The summed E-state index contributed by atoms with van der Waals surface area (Å²) in [5, 5.41) is 0.334. The summed E-state index contributed by atoms with van der Waals surface area (Å²) < 4.78 is 0. The van der Waals surface area contributed by atoms with Gasteiger partial charge in [-0.2, -0.15) is 0 Å². The smallest absolute Gasteiger partial charge is 0.254 e. The van der Waals surface area contributed by atoms with Crippen LogP contribution in [0, 0.1) is 6.92 Å². The van der Waals surface area contributed by atoms with Gasteiger partial charge in [0.1, 0.15) is 5.15 Å².